The monoisotopic (exact) mass is 299 g/mol. The standard InChI is InChI=1S/C17H21N3O2/c1-12(2)11-16(18)17(21)20-13-3-5-14(6-4-13)22-15-7-9-19-10-8-15/h3-10,12,16H,11,18H2,1-2H3,(H,20,21)/t16-/m0/s1. The average Bonchev–Trinajstić information content (AvgIpc) is 2.49. The number of hydrogen-bond donors (Lipinski definition) is 2. The van der Waals surface area contributed by atoms with Crippen LogP contribution in [0, 0.1) is 5.92 Å². The molecule has 0 aliphatic rings. The summed E-state index contributed by atoms with van der Waals surface area (Å²) in [5, 5.41) is 2.81. The first-order valence-electron chi connectivity index (χ1n) is 7.29. The number of rotatable bonds is 6. The van der Waals surface area contributed by atoms with Crippen molar-refractivity contribution in [2.45, 2.75) is 26.3 Å². The zero-order valence-corrected chi connectivity index (χ0v) is 12.8. The predicted molar refractivity (Wildman–Crippen MR) is 86.8 cm³/mol. The molecular weight excluding hydrogens is 278 g/mol. The van der Waals surface area contributed by atoms with E-state index in [2.05, 4.69) is 10.3 Å². The van der Waals surface area contributed by atoms with Gasteiger partial charge in [-0.05, 0) is 48.7 Å². The SMILES string of the molecule is CC(C)C[C@H](N)C(=O)Nc1ccc(Oc2ccncc2)cc1. The van der Waals surface area contributed by atoms with Gasteiger partial charge in [-0.2, -0.15) is 0 Å². The van der Waals surface area contributed by atoms with E-state index >= 15 is 0 Å². The molecule has 0 aliphatic heterocycles. The second-order valence-electron chi connectivity index (χ2n) is 5.53. The van der Waals surface area contributed by atoms with E-state index in [1.165, 1.54) is 0 Å². The molecule has 5 heteroatoms. The third-order valence-electron chi connectivity index (χ3n) is 3.07. The minimum atomic E-state index is -0.493. The van der Waals surface area contributed by atoms with Crippen LogP contribution in [0.3, 0.4) is 0 Å². The van der Waals surface area contributed by atoms with Crippen molar-refractivity contribution in [3.05, 3.63) is 48.8 Å². The summed E-state index contributed by atoms with van der Waals surface area (Å²) >= 11 is 0. The van der Waals surface area contributed by atoms with E-state index in [1.807, 2.05) is 13.8 Å². The molecule has 3 N–H and O–H groups in total. The van der Waals surface area contributed by atoms with Gasteiger partial charge in [0.15, 0.2) is 0 Å². The number of amides is 1. The summed E-state index contributed by atoms with van der Waals surface area (Å²) in [4.78, 5) is 15.9. The van der Waals surface area contributed by atoms with Crippen molar-refractivity contribution in [3.63, 3.8) is 0 Å². The maximum Gasteiger partial charge on any atom is 0.241 e. The van der Waals surface area contributed by atoms with Crippen molar-refractivity contribution >= 4 is 11.6 Å². The fourth-order valence-corrected chi connectivity index (χ4v) is 2.00. The van der Waals surface area contributed by atoms with Gasteiger partial charge in [0.25, 0.3) is 0 Å². The lowest BCUT2D eigenvalue weighted by Gasteiger charge is -2.14. The van der Waals surface area contributed by atoms with Gasteiger partial charge in [0.1, 0.15) is 11.5 Å². The molecule has 5 nitrogen and oxygen atoms in total. The van der Waals surface area contributed by atoms with Crippen molar-refractivity contribution in [2.24, 2.45) is 11.7 Å². The summed E-state index contributed by atoms with van der Waals surface area (Å²) in [6, 6.07) is 10.2. The minimum Gasteiger partial charge on any atom is -0.457 e. The van der Waals surface area contributed by atoms with Crippen LogP contribution < -0.4 is 15.8 Å². The van der Waals surface area contributed by atoms with Gasteiger partial charge in [0.2, 0.25) is 5.91 Å². The first kappa shape index (κ1) is 16.0. The van der Waals surface area contributed by atoms with Crippen LogP contribution in [-0.4, -0.2) is 16.9 Å². The number of carbonyl (C=O) groups is 1. The summed E-state index contributed by atoms with van der Waals surface area (Å²) < 4.78 is 5.66. The molecule has 1 heterocycles. The van der Waals surface area contributed by atoms with Gasteiger partial charge in [-0.15, -0.1) is 0 Å². The minimum absolute atomic E-state index is 0.170. The molecule has 0 unspecified atom stereocenters. The molecule has 1 amide bonds. The second kappa shape index (κ2) is 7.56. The lowest BCUT2D eigenvalue weighted by molar-refractivity contribution is -0.117. The Hall–Kier alpha value is -2.40. The highest BCUT2D eigenvalue weighted by molar-refractivity contribution is 5.94. The third kappa shape index (κ3) is 4.86. The van der Waals surface area contributed by atoms with Crippen LogP contribution in [-0.2, 0) is 4.79 Å². The van der Waals surface area contributed by atoms with Crippen molar-refractivity contribution in [1.29, 1.82) is 0 Å². The number of nitrogens with zero attached hydrogens (tertiary/aromatic N) is 1. The molecule has 0 bridgehead atoms. The van der Waals surface area contributed by atoms with E-state index in [4.69, 9.17) is 10.5 Å². The molecule has 1 aromatic carbocycles. The maximum atomic E-state index is 11.9. The van der Waals surface area contributed by atoms with Crippen molar-refractivity contribution < 1.29 is 9.53 Å². The van der Waals surface area contributed by atoms with Crippen molar-refractivity contribution in [2.75, 3.05) is 5.32 Å². The number of ether oxygens (including phenoxy) is 1. The number of carbonyl (C=O) groups excluding carboxylic acids is 1. The highest BCUT2D eigenvalue weighted by Gasteiger charge is 2.14. The van der Waals surface area contributed by atoms with Gasteiger partial charge in [0, 0.05) is 18.1 Å². The normalized spacial score (nSPS) is 12.0. The second-order valence-corrected chi connectivity index (χ2v) is 5.53. The third-order valence-corrected chi connectivity index (χ3v) is 3.07. The number of hydrogen-bond acceptors (Lipinski definition) is 4. The fourth-order valence-electron chi connectivity index (χ4n) is 2.00. The first-order valence-corrected chi connectivity index (χ1v) is 7.29. The lowest BCUT2D eigenvalue weighted by Crippen LogP contribution is -2.36. The molecule has 0 spiro atoms. The Bertz CT molecular complexity index is 597. The molecule has 0 saturated heterocycles. The number of anilines is 1. The van der Waals surface area contributed by atoms with Crippen LogP contribution in [0.25, 0.3) is 0 Å². The smallest absolute Gasteiger partial charge is 0.241 e. The molecule has 116 valence electrons. The van der Waals surface area contributed by atoms with Gasteiger partial charge >= 0.3 is 0 Å². The quantitative estimate of drug-likeness (QED) is 0.858. The largest absolute Gasteiger partial charge is 0.457 e. The molecule has 22 heavy (non-hydrogen) atoms. The average molecular weight is 299 g/mol. The predicted octanol–water partition coefficient (Wildman–Crippen LogP) is 3.19. The van der Waals surface area contributed by atoms with E-state index in [-0.39, 0.29) is 5.91 Å². The number of nitrogens with one attached hydrogen (secondary N) is 1. The topological polar surface area (TPSA) is 77.2 Å². The Morgan fingerprint density at radius 3 is 2.32 bits per heavy atom. The van der Waals surface area contributed by atoms with Crippen LogP contribution in [0.15, 0.2) is 48.8 Å². The molecule has 0 fully saturated rings. The van der Waals surface area contributed by atoms with Gasteiger partial charge < -0.3 is 15.8 Å². The van der Waals surface area contributed by atoms with E-state index in [9.17, 15) is 4.79 Å². The summed E-state index contributed by atoms with van der Waals surface area (Å²) in [6.07, 6.45) is 4.00. The Morgan fingerprint density at radius 2 is 1.73 bits per heavy atom. The summed E-state index contributed by atoms with van der Waals surface area (Å²) in [7, 11) is 0. The Labute approximate surface area is 130 Å². The Balaban J connectivity index is 1.93. The zero-order valence-electron chi connectivity index (χ0n) is 12.8. The first-order chi connectivity index (χ1) is 10.5. The van der Waals surface area contributed by atoms with E-state index < -0.39 is 6.04 Å². The fraction of sp³-hybridized carbons (Fsp3) is 0.294. The highest BCUT2D eigenvalue weighted by atomic mass is 16.5. The van der Waals surface area contributed by atoms with Gasteiger partial charge in [-0.3, -0.25) is 9.78 Å². The number of pyridine rings is 1. The van der Waals surface area contributed by atoms with Crippen LogP contribution in [0.4, 0.5) is 5.69 Å². The number of benzene rings is 1. The molecule has 0 radical (unpaired) electrons. The Morgan fingerprint density at radius 1 is 1.14 bits per heavy atom. The van der Waals surface area contributed by atoms with Crippen molar-refractivity contribution in [3.8, 4) is 11.5 Å². The molecule has 0 saturated carbocycles. The molecule has 1 atom stereocenters. The van der Waals surface area contributed by atoms with Crippen molar-refractivity contribution in [1.82, 2.24) is 4.98 Å². The number of nitrogens with two attached hydrogens (primary N) is 1. The van der Waals surface area contributed by atoms with Gasteiger partial charge in [-0.1, -0.05) is 13.8 Å². The Kier molecular flexibility index (Phi) is 5.49. The maximum absolute atomic E-state index is 11.9. The van der Waals surface area contributed by atoms with Crippen LogP contribution in [0.2, 0.25) is 0 Å². The molecule has 0 aliphatic carbocycles. The molecule has 2 aromatic rings. The van der Waals surface area contributed by atoms with E-state index in [0.29, 0.717) is 29.5 Å². The summed E-state index contributed by atoms with van der Waals surface area (Å²) in [6.45, 7) is 4.08. The zero-order chi connectivity index (χ0) is 15.9. The van der Waals surface area contributed by atoms with Crippen LogP contribution in [0.1, 0.15) is 20.3 Å². The van der Waals surface area contributed by atoms with Crippen LogP contribution >= 0.6 is 0 Å². The number of aromatic nitrogens is 1. The van der Waals surface area contributed by atoms with Crippen LogP contribution in [0.5, 0.6) is 11.5 Å². The van der Waals surface area contributed by atoms with E-state index in [0.717, 1.165) is 0 Å². The van der Waals surface area contributed by atoms with E-state index in [1.54, 1.807) is 48.8 Å². The van der Waals surface area contributed by atoms with Gasteiger partial charge in [-0.25, -0.2) is 0 Å². The summed E-state index contributed by atoms with van der Waals surface area (Å²) in [5.41, 5.74) is 6.56. The lowest BCUT2D eigenvalue weighted by atomic mass is 10.0. The molecular formula is C17H21N3O2. The van der Waals surface area contributed by atoms with Gasteiger partial charge in [0.05, 0.1) is 6.04 Å². The molecule has 2 rings (SSSR count). The molecule has 1 aromatic heterocycles. The highest BCUT2D eigenvalue weighted by Crippen LogP contribution is 2.22. The summed E-state index contributed by atoms with van der Waals surface area (Å²) in [5.74, 6) is 1.62.